The summed E-state index contributed by atoms with van der Waals surface area (Å²) in [6.45, 7) is 5.12. The minimum absolute atomic E-state index is 0.0538. The third kappa shape index (κ3) is 6.54. The molecule has 3 aromatic rings. The molecular weight excluding hydrogens is 512 g/mol. The molecule has 0 heterocycles. The molecule has 0 fully saturated rings. The van der Waals surface area contributed by atoms with Crippen LogP contribution in [-0.2, 0) is 19.6 Å². The van der Waals surface area contributed by atoms with E-state index in [2.05, 4.69) is 10.0 Å². The zero-order valence-corrected chi connectivity index (χ0v) is 22.8. The smallest absolute Gasteiger partial charge is 0.340 e. The lowest BCUT2D eigenvalue weighted by atomic mass is 10.1. The Morgan fingerprint density at radius 2 is 1.47 bits per heavy atom. The lowest BCUT2D eigenvalue weighted by molar-refractivity contribution is -0.118. The van der Waals surface area contributed by atoms with Crippen molar-refractivity contribution >= 4 is 33.3 Å². The largest absolute Gasteiger partial charge is 0.493 e. The zero-order chi connectivity index (χ0) is 28.0. The van der Waals surface area contributed by atoms with Crippen molar-refractivity contribution in [1.82, 2.24) is 0 Å². The number of sulfonamides is 1. The Kier molecular flexibility index (Phi) is 8.84. The number of ether oxygens (including phenoxy) is 4. The highest BCUT2D eigenvalue weighted by atomic mass is 32.2. The Morgan fingerprint density at radius 1 is 0.789 bits per heavy atom. The Bertz CT molecular complexity index is 1470. The van der Waals surface area contributed by atoms with Gasteiger partial charge in [-0.2, -0.15) is 0 Å². The standard InChI is InChI=1S/C27H30N2O8S/c1-16-7-8-19(11-17(16)2)29-38(32,33)20-9-10-23(18(3)12-20)37-15-26(30)28-22-14-25(35-5)24(34-4)13-21(22)27(31)36-6/h7-14,29H,15H2,1-6H3,(H,28,30). The van der Waals surface area contributed by atoms with Crippen LogP contribution in [0.5, 0.6) is 17.2 Å². The number of aryl methyl sites for hydroxylation is 3. The number of benzene rings is 3. The number of anilines is 2. The van der Waals surface area contributed by atoms with Crippen molar-refractivity contribution in [3.63, 3.8) is 0 Å². The molecule has 0 aliphatic rings. The van der Waals surface area contributed by atoms with E-state index in [1.165, 1.54) is 51.7 Å². The number of hydrogen-bond donors (Lipinski definition) is 2. The molecule has 1 amide bonds. The summed E-state index contributed by atoms with van der Waals surface area (Å²) >= 11 is 0. The summed E-state index contributed by atoms with van der Waals surface area (Å²) < 4.78 is 49.2. The molecule has 38 heavy (non-hydrogen) atoms. The van der Waals surface area contributed by atoms with Crippen LogP contribution in [0.1, 0.15) is 27.0 Å². The van der Waals surface area contributed by atoms with Crippen LogP contribution in [0.4, 0.5) is 11.4 Å². The molecule has 0 bridgehead atoms. The second kappa shape index (κ2) is 11.9. The maximum Gasteiger partial charge on any atom is 0.340 e. The van der Waals surface area contributed by atoms with Gasteiger partial charge in [0.25, 0.3) is 15.9 Å². The van der Waals surface area contributed by atoms with Crippen molar-refractivity contribution in [3.8, 4) is 17.2 Å². The molecule has 0 atom stereocenters. The lowest BCUT2D eigenvalue weighted by Crippen LogP contribution is -2.22. The van der Waals surface area contributed by atoms with E-state index in [4.69, 9.17) is 18.9 Å². The molecule has 202 valence electrons. The van der Waals surface area contributed by atoms with Gasteiger partial charge in [0.2, 0.25) is 0 Å². The van der Waals surface area contributed by atoms with Crippen molar-refractivity contribution < 1.29 is 37.0 Å². The van der Waals surface area contributed by atoms with E-state index in [-0.39, 0.29) is 16.1 Å². The second-order valence-corrected chi connectivity index (χ2v) is 10.1. The fourth-order valence-electron chi connectivity index (χ4n) is 3.56. The molecule has 0 spiro atoms. The summed E-state index contributed by atoms with van der Waals surface area (Å²) in [5.74, 6) is -0.317. The first-order valence-corrected chi connectivity index (χ1v) is 12.9. The zero-order valence-electron chi connectivity index (χ0n) is 22.0. The highest BCUT2D eigenvalue weighted by molar-refractivity contribution is 7.92. The van der Waals surface area contributed by atoms with E-state index in [0.717, 1.165) is 11.1 Å². The van der Waals surface area contributed by atoms with Gasteiger partial charge in [0, 0.05) is 17.8 Å². The average molecular weight is 543 g/mol. The summed E-state index contributed by atoms with van der Waals surface area (Å²) in [7, 11) is 0.232. The third-order valence-electron chi connectivity index (χ3n) is 5.78. The molecule has 3 rings (SSSR count). The van der Waals surface area contributed by atoms with Gasteiger partial charge in [-0.15, -0.1) is 0 Å². The molecule has 0 aliphatic carbocycles. The first-order valence-electron chi connectivity index (χ1n) is 11.5. The van der Waals surface area contributed by atoms with Gasteiger partial charge in [-0.25, -0.2) is 13.2 Å². The molecule has 0 saturated carbocycles. The SMILES string of the molecule is COC(=O)c1cc(OC)c(OC)cc1NC(=O)COc1ccc(S(=O)(=O)Nc2ccc(C)c(C)c2)cc1C. The first kappa shape index (κ1) is 28.3. The number of carbonyl (C=O) groups excluding carboxylic acids is 2. The Labute approximate surface area is 221 Å². The predicted molar refractivity (Wildman–Crippen MR) is 143 cm³/mol. The fourth-order valence-corrected chi connectivity index (χ4v) is 4.70. The third-order valence-corrected chi connectivity index (χ3v) is 7.16. The van der Waals surface area contributed by atoms with Crippen molar-refractivity contribution in [3.05, 3.63) is 70.8 Å². The van der Waals surface area contributed by atoms with Gasteiger partial charge < -0.3 is 24.3 Å². The molecule has 0 saturated heterocycles. The van der Waals surface area contributed by atoms with Crippen LogP contribution in [0.15, 0.2) is 53.4 Å². The van der Waals surface area contributed by atoms with Crippen molar-refractivity contribution in [1.29, 1.82) is 0 Å². The molecule has 0 radical (unpaired) electrons. The van der Waals surface area contributed by atoms with Crippen molar-refractivity contribution in [2.75, 3.05) is 38.0 Å². The molecule has 2 N–H and O–H groups in total. The van der Waals surface area contributed by atoms with Gasteiger partial charge in [-0.1, -0.05) is 6.07 Å². The quantitative estimate of drug-likeness (QED) is 0.364. The first-order chi connectivity index (χ1) is 18.0. The van der Waals surface area contributed by atoms with E-state index in [9.17, 15) is 18.0 Å². The van der Waals surface area contributed by atoms with Gasteiger partial charge in [-0.05, 0) is 67.8 Å². The van der Waals surface area contributed by atoms with Crippen LogP contribution in [-0.4, -0.2) is 48.2 Å². The number of methoxy groups -OCH3 is 3. The minimum Gasteiger partial charge on any atom is -0.493 e. The van der Waals surface area contributed by atoms with Crippen LogP contribution in [0, 0.1) is 20.8 Å². The Morgan fingerprint density at radius 3 is 2.08 bits per heavy atom. The van der Waals surface area contributed by atoms with Gasteiger partial charge in [-0.3, -0.25) is 9.52 Å². The van der Waals surface area contributed by atoms with E-state index in [1.807, 2.05) is 19.9 Å². The molecule has 3 aromatic carbocycles. The van der Waals surface area contributed by atoms with Crippen LogP contribution < -0.4 is 24.2 Å². The Hall–Kier alpha value is -4.25. The maximum atomic E-state index is 12.9. The normalized spacial score (nSPS) is 10.9. The fraction of sp³-hybridized carbons (Fsp3) is 0.259. The summed E-state index contributed by atoms with van der Waals surface area (Å²) in [6, 6.07) is 12.5. The van der Waals surface area contributed by atoms with Crippen LogP contribution in [0.2, 0.25) is 0 Å². The number of rotatable bonds is 10. The number of hydrogen-bond acceptors (Lipinski definition) is 8. The van der Waals surface area contributed by atoms with E-state index >= 15 is 0 Å². The number of carbonyl (C=O) groups is 2. The molecule has 0 aromatic heterocycles. The van der Waals surface area contributed by atoms with Gasteiger partial charge >= 0.3 is 5.97 Å². The molecule has 0 aliphatic heterocycles. The average Bonchev–Trinajstić information content (AvgIpc) is 2.89. The summed E-state index contributed by atoms with van der Waals surface area (Å²) in [5.41, 5.74) is 3.22. The Balaban J connectivity index is 1.72. The molecular formula is C27H30N2O8S. The lowest BCUT2D eigenvalue weighted by Gasteiger charge is -2.15. The van der Waals surface area contributed by atoms with Crippen molar-refractivity contribution in [2.45, 2.75) is 25.7 Å². The highest BCUT2D eigenvalue weighted by Gasteiger charge is 2.20. The molecule has 10 nitrogen and oxygen atoms in total. The number of esters is 1. The summed E-state index contributed by atoms with van der Waals surface area (Å²) in [5, 5.41) is 2.61. The van der Waals surface area contributed by atoms with Crippen LogP contribution in [0.25, 0.3) is 0 Å². The topological polar surface area (TPSA) is 129 Å². The van der Waals surface area contributed by atoms with Crippen molar-refractivity contribution in [2.24, 2.45) is 0 Å². The van der Waals surface area contributed by atoms with Gasteiger partial charge in [0.1, 0.15) is 5.75 Å². The van der Waals surface area contributed by atoms with Crippen LogP contribution >= 0.6 is 0 Å². The van der Waals surface area contributed by atoms with Crippen LogP contribution in [0.3, 0.4) is 0 Å². The minimum atomic E-state index is -3.83. The molecule has 11 heteroatoms. The monoisotopic (exact) mass is 542 g/mol. The van der Waals surface area contributed by atoms with E-state index in [0.29, 0.717) is 28.5 Å². The van der Waals surface area contributed by atoms with Gasteiger partial charge in [0.15, 0.2) is 18.1 Å². The second-order valence-electron chi connectivity index (χ2n) is 8.41. The number of nitrogens with one attached hydrogen (secondary N) is 2. The summed E-state index contributed by atoms with van der Waals surface area (Å²) in [4.78, 5) is 24.9. The van der Waals surface area contributed by atoms with E-state index < -0.39 is 28.5 Å². The molecule has 0 unspecified atom stereocenters. The predicted octanol–water partition coefficient (Wildman–Crippen LogP) is 4.23. The van der Waals surface area contributed by atoms with Gasteiger partial charge in [0.05, 0.1) is 37.5 Å². The summed E-state index contributed by atoms with van der Waals surface area (Å²) in [6.07, 6.45) is 0. The maximum absolute atomic E-state index is 12.9. The number of amides is 1. The highest BCUT2D eigenvalue weighted by Crippen LogP contribution is 2.34. The van der Waals surface area contributed by atoms with E-state index in [1.54, 1.807) is 19.1 Å².